The quantitative estimate of drug-likeness (QED) is 0.870. The Kier molecular flexibility index (Phi) is 4.51. The molecule has 94 valence electrons. The van der Waals surface area contributed by atoms with E-state index in [0.717, 1.165) is 11.1 Å². The molecule has 0 heterocycles. The lowest BCUT2D eigenvalue weighted by Crippen LogP contribution is -1.95. The molecule has 0 aliphatic carbocycles. The lowest BCUT2D eigenvalue weighted by molar-refractivity contribution is 0.107. The van der Waals surface area contributed by atoms with Gasteiger partial charge < -0.3 is 9.84 Å². The zero-order chi connectivity index (χ0) is 12.8. The van der Waals surface area contributed by atoms with Crippen LogP contribution in [0.15, 0.2) is 54.6 Å². The summed E-state index contributed by atoms with van der Waals surface area (Å²) in [6.45, 7) is 2.98. The highest BCUT2D eigenvalue weighted by atomic mass is 16.5. The van der Waals surface area contributed by atoms with Gasteiger partial charge in [-0.3, -0.25) is 0 Å². The average Bonchev–Trinajstić information content (AvgIpc) is 2.40. The number of benzene rings is 2. The summed E-state index contributed by atoms with van der Waals surface area (Å²) in [6.07, 6.45) is -0.413. The van der Waals surface area contributed by atoms with Crippen LogP contribution in [-0.2, 0) is 18.0 Å². The molecule has 0 aliphatic rings. The van der Waals surface area contributed by atoms with Crippen molar-refractivity contribution in [2.24, 2.45) is 0 Å². The number of hydrogen-bond donors (Lipinski definition) is 1. The van der Waals surface area contributed by atoms with Gasteiger partial charge in [-0.1, -0.05) is 54.6 Å². The van der Waals surface area contributed by atoms with Crippen molar-refractivity contribution in [1.82, 2.24) is 0 Å². The second kappa shape index (κ2) is 6.34. The minimum atomic E-state index is -0.413. The van der Waals surface area contributed by atoms with Gasteiger partial charge in [-0.05, 0) is 23.6 Å². The molecule has 1 unspecified atom stereocenters. The summed E-state index contributed by atoms with van der Waals surface area (Å²) in [5.41, 5.74) is 3.23. The molecule has 2 nitrogen and oxygen atoms in total. The summed E-state index contributed by atoms with van der Waals surface area (Å²) in [4.78, 5) is 0. The summed E-state index contributed by atoms with van der Waals surface area (Å²) in [5, 5.41) is 9.41. The zero-order valence-electron chi connectivity index (χ0n) is 10.5. The van der Waals surface area contributed by atoms with Crippen molar-refractivity contribution >= 4 is 0 Å². The Labute approximate surface area is 108 Å². The predicted molar refractivity (Wildman–Crippen MR) is 72.0 cm³/mol. The van der Waals surface area contributed by atoms with Gasteiger partial charge in [-0.2, -0.15) is 0 Å². The van der Waals surface area contributed by atoms with Crippen LogP contribution in [-0.4, -0.2) is 5.11 Å². The van der Waals surface area contributed by atoms with E-state index >= 15 is 0 Å². The Morgan fingerprint density at radius 2 is 1.44 bits per heavy atom. The lowest BCUT2D eigenvalue weighted by atomic mass is 10.1. The number of aliphatic hydroxyl groups is 1. The van der Waals surface area contributed by atoms with Crippen LogP contribution in [0.3, 0.4) is 0 Å². The van der Waals surface area contributed by atoms with Crippen LogP contribution in [0, 0.1) is 0 Å². The number of aliphatic hydroxyl groups excluding tert-OH is 1. The Hall–Kier alpha value is -1.64. The second-order valence-electron chi connectivity index (χ2n) is 4.40. The number of ether oxygens (including phenoxy) is 1. The predicted octanol–water partition coefficient (Wildman–Crippen LogP) is 3.46. The summed E-state index contributed by atoms with van der Waals surface area (Å²) < 4.78 is 5.64. The maximum Gasteiger partial charge on any atom is 0.0761 e. The van der Waals surface area contributed by atoms with Gasteiger partial charge in [0.05, 0.1) is 19.3 Å². The molecule has 0 spiro atoms. The molecular weight excluding hydrogens is 224 g/mol. The van der Waals surface area contributed by atoms with E-state index in [1.165, 1.54) is 5.56 Å². The van der Waals surface area contributed by atoms with E-state index in [-0.39, 0.29) is 0 Å². The molecule has 18 heavy (non-hydrogen) atoms. The average molecular weight is 242 g/mol. The Morgan fingerprint density at radius 1 is 0.889 bits per heavy atom. The minimum Gasteiger partial charge on any atom is -0.389 e. The molecule has 0 bridgehead atoms. The molecule has 0 saturated carbocycles. The van der Waals surface area contributed by atoms with Crippen LogP contribution >= 0.6 is 0 Å². The van der Waals surface area contributed by atoms with Gasteiger partial charge >= 0.3 is 0 Å². The summed E-state index contributed by atoms with van der Waals surface area (Å²) in [5.74, 6) is 0. The normalized spacial score (nSPS) is 12.3. The third-order valence-electron chi connectivity index (χ3n) is 2.84. The van der Waals surface area contributed by atoms with Crippen LogP contribution in [0.5, 0.6) is 0 Å². The molecule has 2 aromatic carbocycles. The van der Waals surface area contributed by atoms with Crippen LogP contribution in [0.1, 0.15) is 29.7 Å². The molecule has 0 aliphatic heterocycles. The fraction of sp³-hybridized carbons (Fsp3) is 0.250. The van der Waals surface area contributed by atoms with Gasteiger partial charge in [0, 0.05) is 0 Å². The molecule has 0 radical (unpaired) electrons. The van der Waals surface area contributed by atoms with E-state index in [1.807, 2.05) is 42.5 Å². The molecule has 0 aromatic heterocycles. The van der Waals surface area contributed by atoms with Gasteiger partial charge in [0.2, 0.25) is 0 Å². The molecule has 1 N–H and O–H groups in total. The largest absolute Gasteiger partial charge is 0.389 e. The van der Waals surface area contributed by atoms with E-state index in [9.17, 15) is 5.11 Å². The molecule has 0 fully saturated rings. The first-order valence-corrected chi connectivity index (χ1v) is 6.14. The molecule has 2 rings (SSSR count). The fourth-order valence-corrected chi connectivity index (χ4v) is 1.75. The van der Waals surface area contributed by atoms with E-state index in [1.54, 1.807) is 6.92 Å². The smallest absolute Gasteiger partial charge is 0.0761 e. The molecule has 0 amide bonds. The Morgan fingerprint density at radius 3 is 2.00 bits per heavy atom. The van der Waals surface area contributed by atoms with Crippen molar-refractivity contribution in [2.45, 2.75) is 26.2 Å². The van der Waals surface area contributed by atoms with Crippen LogP contribution in [0.2, 0.25) is 0 Å². The first-order valence-electron chi connectivity index (χ1n) is 6.14. The van der Waals surface area contributed by atoms with Crippen LogP contribution in [0.25, 0.3) is 0 Å². The maximum absolute atomic E-state index is 9.41. The molecular formula is C16H18O2. The Bertz CT molecular complexity index is 460. The van der Waals surface area contributed by atoms with Crippen molar-refractivity contribution < 1.29 is 9.84 Å². The highest BCUT2D eigenvalue weighted by molar-refractivity contribution is 5.23. The van der Waals surface area contributed by atoms with Gasteiger partial charge in [0.25, 0.3) is 0 Å². The Balaban J connectivity index is 1.83. The second-order valence-corrected chi connectivity index (χ2v) is 4.40. The highest BCUT2D eigenvalue weighted by Crippen LogP contribution is 2.13. The lowest BCUT2D eigenvalue weighted by Gasteiger charge is -2.07. The van der Waals surface area contributed by atoms with Gasteiger partial charge in [-0.15, -0.1) is 0 Å². The standard InChI is InChI=1S/C16H18O2/c1-13(17)16-9-7-15(8-10-16)12-18-11-14-5-3-2-4-6-14/h2-10,13,17H,11-12H2,1H3. The SMILES string of the molecule is CC(O)c1ccc(COCc2ccccc2)cc1. The first-order chi connectivity index (χ1) is 8.75. The monoisotopic (exact) mass is 242 g/mol. The van der Waals surface area contributed by atoms with Gasteiger partial charge in [0.1, 0.15) is 0 Å². The molecule has 1 atom stereocenters. The van der Waals surface area contributed by atoms with Crippen LogP contribution in [0.4, 0.5) is 0 Å². The summed E-state index contributed by atoms with van der Waals surface area (Å²) in [6, 6.07) is 18.0. The number of hydrogen-bond acceptors (Lipinski definition) is 2. The molecule has 2 aromatic rings. The van der Waals surface area contributed by atoms with Crippen molar-refractivity contribution in [3.8, 4) is 0 Å². The first kappa shape index (κ1) is 12.8. The third kappa shape index (κ3) is 3.69. The van der Waals surface area contributed by atoms with Crippen molar-refractivity contribution in [2.75, 3.05) is 0 Å². The zero-order valence-corrected chi connectivity index (χ0v) is 10.5. The van der Waals surface area contributed by atoms with E-state index in [2.05, 4.69) is 12.1 Å². The van der Waals surface area contributed by atoms with Crippen molar-refractivity contribution in [3.63, 3.8) is 0 Å². The summed E-state index contributed by atoms with van der Waals surface area (Å²) in [7, 11) is 0. The summed E-state index contributed by atoms with van der Waals surface area (Å²) >= 11 is 0. The van der Waals surface area contributed by atoms with Crippen LogP contribution < -0.4 is 0 Å². The third-order valence-corrected chi connectivity index (χ3v) is 2.84. The van der Waals surface area contributed by atoms with E-state index < -0.39 is 6.10 Å². The van der Waals surface area contributed by atoms with Crippen molar-refractivity contribution in [1.29, 1.82) is 0 Å². The fourth-order valence-electron chi connectivity index (χ4n) is 1.75. The number of rotatable bonds is 5. The maximum atomic E-state index is 9.41. The topological polar surface area (TPSA) is 29.5 Å². The van der Waals surface area contributed by atoms with E-state index in [4.69, 9.17) is 4.74 Å². The minimum absolute atomic E-state index is 0.413. The highest BCUT2D eigenvalue weighted by Gasteiger charge is 2.00. The van der Waals surface area contributed by atoms with Gasteiger partial charge in [0.15, 0.2) is 0 Å². The molecule has 2 heteroatoms. The van der Waals surface area contributed by atoms with Gasteiger partial charge in [-0.25, -0.2) is 0 Å². The van der Waals surface area contributed by atoms with Crippen molar-refractivity contribution in [3.05, 3.63) is 71.3 Å². The van der Waals surface area contributed by atoms with E-state index in [0.29, 0.717) is 13.2 Å². The molecule has 0 saturated heterocycles.